The summed E-state index contributed by atoms with van der Waals surface area (Å²) in [5, 5.41) is 0. The van der Waals surface area contributed by atoms with E-state index >= 15 is 0 Å². The minimum absolute atomic E-state index is 0.0297. The van der Waals surface area contributed by atoms with Crippen molar-refractivity contribution in [2.45, 2.75) is 19.3 Å². The molecule has 4 heteroatoms. The molecule has 0 radical (unpaired) electrons. The summed E-state index contributed by atoms with van der Waals surface area (Å²) in [7, 11) is 1.65. The molecule has 1 aliphatic rings. The third-order valence-electron chi connectivity index (χ3n) is 2.65. The number of rotatable bonds is 5. The lowest BCUT2D eigenvalue weighted by Gasteiger charge is -2.12. The SMILES string of the molecule is CCOC[C@@H]1CO[C@H](c2ccc(OC)cc2)O1. The van der Waals surface area contributed by atoms with Gasteiger partial charge in [0.25, 0.3) is 0 Å². The van der Waals surface area contributed by atoms with Crippen LogP contribution in [0.1, 0.15) is 18.8 Å². The van der Waals surface area contributed by atoms with Gasteiger partial charge in [-0.1, -0.05) is 12.1 Å². The Morgan fingerprint density at radius 2 is 2.06 bits per heavy atom. The van der Waals surface area contributed by atoms with Gasteiger partial charge in [-0.15, -0.1) is 0 Å². The first-order chi connectivity index (χ1) is 8.33. The van der Waals surface area contributed by atoms with Crippen molar-refractivity contribution in [3.63, 3.8) is 0 Å². The number of ether oxygens (including phenoxy) is 4. The Morgan fingerprint density at radius 1 is 1.29 bits per heavy atom. The molecule has 4 nitrogen and oxygen atoms in total. The zero-order valence-corrected chi connectivity index (χ0v) is 10.2. The van der Waals surface area contributed by atoms with Crippen LogP contribution in [-0.4, -0.2) is 33.0 Å². The quantitative estimate of drug-likeness (QED) is 0.787. The Bertz CT molecular complexity index is 336. The third-order valence-corrected chi connectivity index (χ3v) is 2.65. The van der Waals surface area contributed by atoms with Crippen LogP contribution >= 0.6 is 0 Å². The highest BCUT2D eigenvalue weighted by Gasteiger charge is 2.27. The molecule has 94 valence electrons. The summed E-state index contributed by atoms with van der Waals surface area (Å²) in [6.45, 7) is 3.84. The minimum Gasteiger partial charge on any atom is -0.497 e. The molecular formula is C13H18O4. The van der Waals surface area contributed by atoms with Gasteiger partial charge in [0.15, 0.2) is 6.29 Å². The summed E-state index contributed by atoms with van der Waals surface area (Å²) in [5.74, 6) is 0.831. The van der Waals surface area contributed by atoms with Crippen LogP contribution in [0.5, 0.6) is 5.75 Å². The lowest BCUT2D eigenvalue weighted by Crippen LogP contribution is -2.17. The first kappa shape index (κ1) is 12.4. The minimum atomic E-state index is -0.286. The van der Waals surface area contributed by atoms with Gasteiger partial charge in [0.2, 0.25) is 0 Å². The molecule has 1 saturated heterocycles. The third kappa shape index (κ3) is 3.19. The van der Waals surface area contributed by atoms with Crippen molar-refractivity contribution in [1.82, 2.24) is 0 Å². The highest BCUT2D eigenvalue weighted by Crippen LogP contribution is 2.28. The average Bonchev–Trinajstić information content (AvgIpc) is 2.85. The lowest BCUT2D eigenvalue weighted by atomic mass is 10.2. The van der Waals surface area contributed by atoms with Gasteiger partial charge in [-0.05, 0) is 19.1 Å². The van der Waals surface area contributed by atoms with Crippen molar-refractivity contribution in [3.8, 4) is 5.75 Å². The smallest absolute Gasteiger partial charge is 0.184 e. The summed E-state index contributed by atoms with van der Waals surface area (Å²) in [5.41, 5.74) is 1.00. The van der Waals surface area contributed by atoms with Crippen LogP contribution in [0.2, 0.25) is 0 Å². The zero-order valence-electron chi connectivity index (χ0n) is 10.2. The summed E-state index contributed by atoms with van der Waals surface area (Å²) < 4.78 is 21.7. The molecule has 0 amide bonds. The van der Waals surface area contributed by atoms with Gasteiger partial charge < -0.3 is 18.9 Å². The van der Waals surface area contributed by atoms with Gasteiger partial charge in [-0.25, -0.2) is 0 Å². The fraction of sp³-hybridized carbons (Fsp3) is 0.538. The zero-order chi connectivity index (χ0) is 12.1. The first-order valence-electron chi connectivity index (χ1n) is 5.82. The van der Waals surface area contributed by atoms with Crippen LogP contribution in [0.3, 0.4) is 0 Å². The molecule has 2 rings (SSSR count). The standard InChI is InChI=1S/C13H18O4/c1-3-15-8-12-9-16-13(17-12)10-4-6-11(14-2)7-5-10/h4-7,12-13H,3,8-9H2,1-2H3/t12-,13+/m1/s1. The fourth-order valence-corrected chi connectivity index (χ4v) is 1.72. The van der Waals surface area contributed by atoms with Crippen LogP contribution in [0.25, 0.3) is 0 Å². The maximum absolute atomic E-state index is 5.74. The van der Waals surface area contributed by atoms with E-state index in [0.29, 0.717) is 19.8 Å². The van der Waals surface area contributed by atoms with E-state index in [0.717, 1.165) is 11.3 Å². The second-order valence-corrected chi connectivity index (χ2v) is 3.86. The normalized spacial score (nSPS) is 23.9. The molecule has 1 aromatic rings. The van der Waals surface area contributed by atoms with Gasteiger partial charge in [0, 0.05) is 12.2 Å². The fourth-order valence-electron chi connectivity index (χ4n) is 1.72. The van der Waals surface area contributed by atoms with Crippen molar-refractivity contribution >= 4 is 0 Å². The van der Waals surface area contributed by atoms with Crippen molar-refractivity contribution in [2.75, 3.05) is 26.9 Å². The van der Waals surface area contributed by atoms with Gasteiger partial charge in [-0.2, -0.15) is 0 Å². The van der Waals surface area contributed by atoms with Gasteiger partial charge in [0.05, 0.1) is 20.3 Å². The molecule has 0 aliphatic carbocycles. The van der Waals surface area contributed by atoms with Crippen LogP contribution < -0.4 is 4.74 Å². The summed E-state index contributed by atoms with van der Waals surface area (Å²) in [4.78, 5) is 0. The molecule has 0 aromatic heterocycles. The highest BCUT2D eigenvalue weighted by molar-refractivity contribution is 5.28. The Kier molecular flexibility index (Phi) is 4.36. The Morgan fingerprint density at radius 3 is 2.71 bits per heavy atom. The van der Waals surface area contributed by atoms with Crippen LogP contribution in [0, 0.1) is 0 Å². The molecule has 0 bridgehead atoms. The van der Waals surface area contributed by atoms with E-state index in [4.69, 9.17) is 18.9 Å². The number of methoxy groups -OCH3 is 1. The second-order valence-electron chi connectivity index (χ2n) is 3.86. The molecule has 0 saturated carbocycles. The van der Waals surface area contributed by atoms with Crippen LogP contribution in [0.15, 0.2) is 24.3 Å². The van der Waals surface area contributed by atoms with Crippen LogP contribution in [0.4, 0.5) is 0 Å². The molecule has 1 heterocycles. The average molecular weight is 238 g/mol. The monoisotopic (exact) mass is 238 g/mol. The van der Waals surface area contributed by atoms with Crippen molar-refractivity contribution in [2.24, 2.45) is 0 Å². The molecule has 1 fully saturated rings. The van der Waals surface area contributed by atoms with Crippen molar-refractivity contribution in [1.29, 1.82) is 0 Å². The molecular weight excluding hydrogens is 220 g/mol. The number of benzene rings is 1. The van der Waals surface area contributed by atoms with Crippen molar-refractivity contribution in [3.05, 3.63) is 29.8 Å². The summed E-state index contributed by atoms with van der Waals surface area (Å²) in [6.07, 6.45) is -0.256. The number of hydrogen-bond donors (Lipinski definition) is 0. The molecule has 0 spiro atoms. The second kappa shape index (κ2) is 6.00. The first-order valence-corrected chi connectivity index (χ1v) is 5.82. The topological polar surface area (TPSA) is 36.9 Å². The predicted octanol–water partition coefficient (Wildman–Crippen LogP) is 2.15. The maximum Gasteiger partial charge on any atom is 0.184 e. The van der Waals surface area contributed by atoms with Crippen LogP contribution in [-0.2, 0) is 14.2 Å². The maximum atomic E-state index is 5.74. The largest absolute Gasteiger partial charge is 0.497 e. The van der Waals surface area contributed by atoms with E-state index in [9.17, 15) is 0 Å². The van der Waals surface area contributed by atoms with E-state index in [-0.39, 0.29) is 12.4 Å². The van der Waals surface area contributed by atoms with E-state index in [1.54, 1.807) is 7.11 Å². The molecule has 1 aromatic carbocycles. The van der Waals surface area contributed by atoms with E-state index in [1.807, 2.05) is 31.2 Å². The van der Waals surface area contributed by atoms with Crippen molar-refractivity contribution < 1.29 is 18.9 Å². The molecule has 17 heavy (non-hydrogen) atoms. The highest BCUT2D eigenvalue weighted by atomic mass is 16.7. The Hall–Kier alpha value is -1.10. The van der Waals surface area contributed by atoms with E-state index < -0.39 is 0 Å². The van der Waals surface area contributed by atoms with Gasteiger partial charge in [-0.3, -0.25) is 0 Å². The van der Waals surface area contributed by atoms with E-state index in [2.05, 4.69) is 0 Å². The molecule has 0 unspecified atom stereocenters. The van der Waals surface area contributed by atoms with Gasteiger partial charge >= 0.3 is 0 Å². The lowest BCUT2D eigenvalue weighted by molar-refractivity contribution is -0.0731. The Balaban J connectivity index is 1.90. The Labute approximate surface area is 101 Å². The summed E-state index contributed by atoms with van der Waals surface area (Å²) in [6, 6.07) is 7.70. The van der Waals surface area contributed by atoms with E-state index in [1.165, 1.54) is 0 Å². The molecule has 0 N–H and O–H groups in total. The van der Waals surface area contributed by atoms with Gasteiger partial charge in [0.1, 0.15) is 11.9 Å². The molecule has 2 atom stereocenters. The number of hydrogen-bond acceptors (Lipinski definition) is 4. The molecule has 1 aliphatic heterocycles. The predicted molar refractivity (Wildman–Crippen MR) is 63.1 cm³/mol. The summed E-state index contributed by atoms with van der Waals surface area (Å²) >= 11 is 0.